The van der Waals surface area contributed by atoms with Gasteiger partial charge in [-0.15, -0.1) is 0 Å². The van der Waals surface area contributed by atoms with Gasteiger partial charge in [-0.1, -0.05) is 41.6 Å². The first-order valence-electron chi connectivity index (χ1n) is 14.6. The van der Waals surface area contributed by atoms with Crippen molar-refractivity contribution in [3.8, 4) is 11.5 Å². The molecule has 1 aliphatic heterocycles. The summed E-state index contributed by atoms with van der Waals surface area (Å²) in [7, 11) is 0. The van der Waals surface area contributed by atoms with Crippen molar-refractivity contribution in [2.24, 2.45) is 0 Å². The number of hydrogen-bond acceptors (Lipinski definition) is 8. The average Bonchev–Trinajstić information content (AvgIpc) is 3.60. The number of benzene rings is 2. The minimum Gasteiger partial charge on any atom is -0.445 e. The molecule has 11 nitrogen and oxygen atoms in total. The zero-order valence-electron chi connectivity index (χ0n) is 25.4. The molecule has 0 bridgehead atoms. The number of fused-ring (bicyclic) bond motifs is 1. The summed E-state index contributed by atoms with van der Waals surface area (Å²) in [6, 6.07) is 14.5. The molecule has 2 atom stereocenters. The van der Waals surface area contributed by atoms with Gasteiger partial charge in [-0.2, -0.15) is 18.2 Å². The van der Waals surface area contributed by atoms with Gasteiger partial charge in [0.2, 0.25) is 11.7 Å². The molecule has 0 spiro atoms. The van der Waals surface area contributed by atoms with Crippen molar-refractivity contribution in [2.45, 2.75) is 70.9 Å². The Balaban J connectivity index is 1.31. The monoisotopic (exact) mass is 646 g/mol. The van der Waals surface area contributed by atoms with E-state index >= 15 is 4.39 Å². The van der Waals surface area contributed by atoms with Gasteiger partial charge in [-0.05, 0) is 51.0 Å². The van der Waals surface area contributed by atoms with E-state index in [0.717, 1.165) is 10.1 Å². The van der Waals surface area contributed by atoms with E-state index in [4.69, 9.17) is 14.0 Å². The maximum atomic E-state index is 15.3. The summed E-state index contributed by atoms with van der Waals surface area (Å²) < 4.78 is 73.2. The van der Waals surface area contributed by atoms with Crippen molar-refractivity contribution in [1.29, 1.82) is 0 Å². The van der Waals surface area contributed by atoms with Crippen LogP contribution in [0.1, 0.15) is 38.6 Å². The lowest BCUT2D eigenvalue weighted by molar-refractivity contribution is -0.139. The third kappa shape index (κ3) is 8.25. The summed E-state index contributed by atoms with van der Waals surface area (Å²) >= 11 is 0. The number of rotatable bonds is 8. The van der Waals surface area contributed by atoms with Crippen LogP contribution in [0.3, 0.4) is 0 Å². The second kappa shape index (κ2) is 13.3. The molecule has 0 radical (unpaired) electrons. The number of anilines is 1. The summed E-state index contributed by atoms with van der Waals surface area (Å²) in [5.41, 5.74) is 0.703. The highest BCUT2D eigenvalue weighted by Crippen LogP contribution is 2.35. The number of alkyl carbamates (subject to hydrolysis) is 1. The Morgan fingerprint density at radius 3 is 2.54 bits per heavy atom. The first-order chi connectivity index (χ1) is 21.8. The highest BCUT2D eigenvalue weighted by atomic mass is 19.4. The van der Waals surface area contributed by atoms with Crippen LogP contribution in [0.5, 0.6) is 0 Å². The van der Waals surface area contributed by atoms with Gasteiger partial charge >= 0.3 is 18.4 Å². The van der Waals surface area contributed by atoms with E-state index in [9.17, 15) is 22.8 Å². The van der Waals surface area contributed by atoms with Crippen molar-refractivity contribution in [2.75, 3.05) is 18.4 Å². The van der Waals surface area contributed by atoms with Crippen molar-refractivity contribution in [1.82, 2.24) is 24.9 Å². The molecule has 2 aromatic heterocycles. The summed E-state index contributed by atoms with van der Waals surface area (Å²) in [5.74, 6) is -0.180. The predicted octanol–water partition coefficient (Wildman–Crippen LogP) is 6.44. The predicted molar refractivity (Wildman–Crippen MR) is 159 cm³/mol. The number of ether oxygens (including phenoxy) is 2. The second-order valence-corrected chi connectivity index (χ2v) is 11.9. The summed E-state index contributed by atoms with van der Waals surface area (Å²) in [4.78, 5) is 30.0. The van der Waals surface area contributed by atoms with Gasteiger partial charge < -0.3 is 34.1 Å². The van der Waals surface area contributed by atoms with Crippen LogP contribution in [0, 0.1) is 0 Å². The highest BCUT2D eigenvalue weighted by molar-refractivity contribution is 5.96. The average molecular weight is 647 g/mol. The minimum absolute atomic E-state index is 0.0137. The maximum Gasteiger partial charge on any atom is 0.410 e. The molecule has 46 heavy (non-hydrogen) atoms. The normalized spacial score (nSPS) is 17.2. The van der Waals surface area contributed by atoms with E-state index in [2.05, 4.69) is 20.8 Å². The molecular weight excluding hydrogens is 612 g/mol. The Morgan fingerprint density at radius 2 is 1.85 bits per heavy atom. The van der Waals surface area contributed by atoms with Crippen molar-refractivity contribution in [3.05, 3.63) is 66.1 Å². The van der Waals surface area contributed by atoms with Crippen LogP contribution in [0.2, 0.25) is 0 Å². The molecule has 1 saturated heterocycles. The first-order valence-corrected chi connectivity index (χ1v) is 14.6. The Morgan fingerprint density at radius 1 is 1.09 bits per heavy atom. The number of aromatic nitrogens is 3. The third-order valence-electron chi connectivity index (χ3n) is 7.11. The lowest BCUT2D eigenvalue weighted by atomic mass is 10.0. The fourth-order valence-corrected chi connectivity index (χ4v) is 5.06. The number of nitrogens with zero attached hydrogens (tertiary/aromatic N) is 4. The molecule has 1 aliphatic rings. The lowest BCUT2D eigenvalue weighted by Gasteiger charge is -2.36. The number of likely N-dealkylation sites (tertiary alicyclic amines) is 1. The molecule has 3 heterocycles. The molecule has 15 heteroatoms. The summed E-state index contributed by atoms with van der Waals surface area (Å²) in [5, 5.41) is 9.84. The molecule has 0 unspecified atom stereocenters. The van der Waals surface area contributed by atoms with Gasteiger partial charge in [-0.25, -0.2) is 14.0 Å². The SMILES string of the molecule is CC(C)(C)OC(=O)N1CC[C@@H](Nc2cccc3c2cc(-c2noc(CNC(=O)OCc4ccccc4)n2)n3CC(F)(F)F)[C@@H](F)C1. The summed E-state index contributed by atoms with van der Waals surface area (Å²) in [6.07, 6.45) is -7.14. The largest absolute Gasteiger partial charge is 0.445 e. The van der Waals surface area contributed by atoms with Crippen LogP contribution in [0.25, 0.3) is 22.4 Å². The Bertz CT molecular complexity index is 1670. The van der Waals surface area contributed by atoms with Gasteiger partial charge in [0.1, 0.15) is 31.5 Å². The second-order valence-electron chi connectivity index (χ2n) is 11.9. The van der Waals surface area contributed by atoms with Crippen molar-refractivity contribution in [3.63, 3.8) is 0 Å². The fourth-order valence-electron chi connectivity index (χ4n) is 5.06. The van der Waals surface area contributed by atoms with Gasteiger partial charge in [0.05, 0.1) is 23.8 Å². The molecule has 0 aliphatic carbocycles. The van der Waals surface area contributed by atoms with Crippen LogP contribution in [0.4, 0.5) is 32.8 Å². The topological polar surface area (TPSA) is 124 Å². The quantitative estimate of drug-likeness (QED) is 0.210. The standard InChI is InChI=1S/C31H34F4N6O5/c1-30(2,3)45-29(43)40-13-12-23(21(32)16-40)37-22-10-7-11-24-20(22)14-25(41(24)18-31(33,34)35)27-38-26(46-39-27)15-36-28(42)44-17-19-8-5-4-6-9-19/h4-11,14,21,23,37H,12-13,15-18H2,1-3H3,(H,36,42)/t21-,23+/m0/s1. The number of alkyl halides is 4. The number of hydrogen-bond donors (Lipinski definition) is 2. The zero-order valence-corrected chi connectivity index (χ0v) is 25.4. The molecule has 4 aromatic rings. The van der Waals surface area contributed by atoms with E-state index in [1.165, 1.54) is 17.0 Å². The smallest absolute Gasteiger partial charge is 0.410 e. The molecule has 2 aromatic carbocycles. The van der Waals surface area contributed by atoms with Gasteiger partial charge in [0.25, 0.3) is 0 Å². The van der Waals surface area contributed by atoms with E-state index in [0.29, 0.717) is 11.1 Å². The Hall–Kier alpha value is -4.82. The zero-order chi connectivity index (χ0) is 33.1. The van der Waals surface area contributed by atoms with Crippen molar-refractivity contribution < 1.29 is 41.1 Å². The molecule has 5 rings (SSSR count). The molecule has 0 saturated carbocycles. The van der Waals surface area contributed by atoms with E-state index in [-0.39, 0.29) is 55.6 Å². The molecule has 2 amide bonds. The van der Waals surface area contributed by atoms with Crippen LogP contribution in [-0.2, 0) is 29.2 Å². The van der Waals surface area contributed by atoms with Gasteiger partial charge in [0, 0.05) is 17.6 Å². The maximum absolute atomic E-state index is 15.3. The van der Waals surface area contributed by atoms with Crippen molar-refractivity contribution >= 4 is 28.8 Å². The lowest BCUT2D eigenvalue weighted by Crippen LogP contribution is -2.51. The molecule has 1 fully saturated rings. The van der Waals surface area contributed by atoms with E-state index in [1.807, 2.05) is 18.2 Å². The highest BCUT2D eigenvalue weighted by Gasteiger charge is 2.35. The molecular formula is C31H34F4N6O5. The Labute approximate surface area is 261 Å². The van der Waals surface area contributed by atoms with Crippen LogP contribution in [0.15, 0.2) is 59.1 Å². The minimum atomic E-state index is -4.58. The molecule has 246 valence electrons. The van der Waals surface area contributed by atoms with Crippen LogP contribution < -0.4 is 10.6 Å². The van der Waals surface area contributed by atoms with Crippen LogP contribution in [-0.4, -0.2) is 68.9 Å². The number of nitrogens with one attached hydrogen (secondary N) is 2. The number of halogens is 4. The van der Waals surface area contributed by atoms with Gasteiger partial charge in [0.15, 0.2) is 0 Å². The molecule has 2 N–H and O–H groups in total. The number of piperidine rings is 1. The van der Waals surface area contributed by atoms with Gasteiger partial charge in [-0.3, -0.25) is 0 Å². The Kier molecular flexibility index (Phi) is 9.39. The van der Waals surface area contributed by atoms with Crippen LogP contribution >= 0.6 is 0 Å². The third-order valence-corrected chi connectivity index (χ3v) is 7.11. The summed E-state index contributed by atoms with van der Waals surface area (Å²) in [6.45, 7) is 3.70. The number of carbonyl (C=O) groups is 2. The fraction of sp³-hybridized carbons (Fsp3) is 0.419. The van der Waals surface area contributed by atoms with E-state index in [1.54, 1.807) is 45.0 Å². The number of carbonyl (C=O) groups excluding carboxylic acids is 2. The first kappa shape index (κ1) is 32.6. The number of amides is 2. The van der Waals surface area contributed by atoms with E-state index < -0.39 is 42.7 Å².